The Morgan fingerprint density at radius 1 is 1.00 bits per heavy atom. The maximum absolute atomic E-state index is 2.39. The third-order valence-corrected chi connectivity index (χ3v) is 5.23. The van der Waals surface area contributed by atoms with E-state index in [1.54, 1.807) is 8.58 Å². The van der Waals surface area contributed by atoms with Crippen LogP contribution < -0.4 is 37.7 Å². The fraction of sp³-hybridized carbons (Fsp3) is 0.643. The zero-order chi connectivity index (χ0) is 10.7. The first kappa shape index (κ1) is 18.0. The van der Waals surface area contributed by atoms with E-state index in [0.29, 0.717) is 5.16 Å². The molecule has 1 aliphatic rings. The molecule has 1 fully saturated rings. The van der Waals surface area contributed by atoms with Crippen LogP contribution in [0, 0.1) is 0 Å². The predicted molar refractivity (Wildman–Crippen MR) is 68.9 cm³/mol. The summed E-state index contributed by atoms with van der Waals surface area (Å²) >= 11 is 0. The van der Waals surface area contributed by atoms with Gasteiger partial charge in [0, 0.05) is 0 Å². The summed E-state index contributed by atoms with van der Waals surface area (Å²) in [5, 5.41) is 0.353. The van der Waals surface area contributed by atoms with Crippen molar-refractivity contribution >= 4 is 8.58 Å². The van der Waals surface area contributed by atoms with Crippen LogP contribution in [-0.2, 0) is 5.16 Å². The molecule has 0 atom stereocenters. The van der Waals surface area contributed by atoms with Crippen molar-refractivity contribution in [1.82, 2.24) is 0 Å². The molecule has 1 aromatic carbocycles. The standard InChI is InChI=1S/C14H21P.2Li/c1-14(2,12-8-6-7-9-12)15-13-10-4-3-5-11-13;;/h6-9,13H,3-5,10-11H2,1-2H3;;/q-2;2*+1. The second-order valence-corrected chi connectivity index (χ2v) is 7.26. The van der Waals surface area contributed by atoms with Crippen molar-refractivity contribution in [3.63, 3.8) is 0 Å². The second-order valence-electron chi connectivity index (χ2n) is 5.15. The van der Waals surface area contributed by atoms with Crippen LogP contribution in [0.25, 0.3) is 0 Å². The number of hydrogen-bond acceptors (Lipinski definition) is 0. The zero-order valence-corrected chi connectivity index (χ0v) is 12.8. The Hall–Kier alpha value is 0.975. The molecule has 0 heterocycles. The summed E-state index contributed by atoms with van der Waals surface area (Å²) in [4.78, 5) is 0. The SMILES string of the molecule is CC(C)([P-]C1CCCCC1)[c-]1cccc1.[Li+].[Li+]. The molecule has 0 radical (unpaired) electrons. The summed E-state index contributed by atoms with van der Waals surface area (Å²) in [6.07, 6.45) is 7.27. The summed E-state index contributed by atoms with van der Waals surface area (Å²) < 4.78 is 0. The van der Waals surface area contributed by atoms with E-state index >= 15 is 0 Å². The molecular formula is C14H21Li2P. The molecule has 0 bridgehead atoms. The normalized spacial score (nSPS) is 17.8. The van der Waals surface area contributed by atoms with Crippen LogP contribution in [0.3, 0.4) is 0 Å². The van der Waals surface area contributed by atoms with E-state index in [-0.39, 0.29) is 37.7 Å². The first-order chi connectivity index (χ1) is 7.18. The van der Waals surface area contributed by atoms with Gasteiger partial charge in [0.15, 0.2) is 0 Å². The molecule has 0 unspecified atom stereocenters. The molecular weight excluding hydrogens is 213 g/mol. The van der Waals surface area contributed by atoms with Crippen molar-refractivity contribution in [3.8, 4) is 0 Å². The van der Waals surface area contributed by atoms with Crippen molar-refractivity contribution in [3.05, 3.63) is 29.8 Å². The molecule has 0 saturated heterocycles. The van der Waals surface area contributed by atoms with Gasteiger partial charge in [-0.25, -0.2) is 12.1 Å². The quantitative estimate of drug-likeness (QED) is 0.355. The van der Waals surface area contributed by atoms with Gasteiger partial charge in [0.05, 0.1) is 0 Å². The summed E-state index contributed by atoms with van der Waals surface area (Å²) in [5.74, 6) is 0. The minimum Gasteiger partial charge on any atom is -0.538 e. The Balaban J connectivity index is 0.00000128. The van der Waals surface area contributed by atoms with Crippen LogP contribution in [0.5, 0.6) is 0 Å². The van der Waals surface area contributed by atoms with Crippen molar-refractivity contribution in [2.75, 3.05) is 0 Å². The van der Waals surface area contributed by atoms with Gasteiger partial charge in [-0.15, -0.1) is 0 Å². The molecule has 84 valence electrons. The molecule has 0 amide bonds. The average Bonchev–Trinajstić information content (AvgIpc) is 2.71. The first-order valence-electron chi connectivity index (χ1n) is 6.13. The zero-order valence-electron chi connectivity index (χ0n) is 11.9. The number of rotatable bonds is 3. The Kier molecular flexibility index (Phi) is 8.68. The molecule has 0 nitrogen and oxygen atoms in total. The van der Waals surface area contributed by atoms with E-state index in [9.17, 15) is 0 Å². The van der Waals surface area contributed by atoms with E-state index in [0.717, 1.165) is 5.66 Å². The fourth-order valence-corrected chi connectivity index (χ4v) is 4.36. The van der Waals surface area contributed by atoms with Gasteiger partial charge < -0.3 is 8.58 Å². The van der Waals surface area contributed by atoms with Crippen molar-refractivity contribution in [1.29, 1.82) is 0 Å². The van der Waals surface area contributed by atoms with Gasteiger partial charge in [-0.05, 0) is 0 Å². The molecule has 1 saturated carbocycles. The van der Waals surface area contributed by atoms with Gasteiger partial charge in [-0.1, -0.05) is 46.0 Å². The largest absolute Gasteiger partial charge is 1.00 e. The summed E-state index contributed by atoms with van der Waals surface area (Å²) in [5.41, 5.74) is 2.46. The van der Waals surface area contributed by atoms with Crippen molar-refractivity contribution in [2.45, 2.75) is 56.8 Å². The van der Waals surface area contributed by atoms with Gasteiger partial charge in [-0.3, -0.25) is 0 Å². The van der Waals surface area contributed by atoms with Crippen LogP contribution in [-0.4, -0.2) is 5.66 Å². The molecule has 0 aromatic heterocycles. The van der Waals surface area contributed by atoms with Gasteiger partial charge in [-0.2, -0.15) is 28.5 Å². The van der Waals surface area contributed by atoms with Crippen LogP contribution in [0.15, 0.2) is 24.3 Å². The Morgan fingerprint density at radius 2 is 1.53 bits per heavy atom. The Labute approximate surface area is 132 Å². The third kappa shape index (κ3) is 5.23. The summed E-state index contributed by atoms with van der Waals surface area (Å²) in [7, 11) is 1.64. The molecule has 1 aromatic rings. The van der Waals surface area contributed by atoms with Crippen LogP contribution >= 0.6 is 8.58 Å². The van der Waals surface area contributed by atoms with E-state index < -0.39 is 0 Å². The molecule has 0 N–H and O–H groups in total. The van der Waals surface area contributed by atoms with E-state index in [4.69, 9.17) is 0 Å². The summed E-state index contributed by atoms with van der Waals surface area (Å²) in [6.45, 7) is 4.77. The maximum Gasteiger partial charge on any atom is 1.00 e. The molecule has 0 aliphatic heterocycles. The van der Waals surface area contributed by atoms with Crippen LogP contribution in [0.2, 0.25) is 0 Å². The van der Waals surface area contributed by atoms with Crippen LogP contribution in [0.1, 0.15) is 51.5 Å². The predicted octanol–water partition coefficient (Wildman–Crippen LogP) is -1.07. The van der Waals surface area contributed by atoms with E-state index in [1.165, 1.54) is 37.7 Å². The van der Waals surface area contributed by atoms with Gasteiger partial charge in [0.25, 0.3) is 0 Å². The average molecular weight is 234 g/mol. The van der Waals surface area contributed by atoms with Gasteiger partial charge in [0.2, 0.25) is 0 Å². The fourth-order valence-electron chi connectivity index (χ4n) is 2.52. The molecule has 3 heteroatoms. The van der Waals surface area contributed by atoms with Crippen molar-refractivity contribution < 1.29 is 37.7 Å². The van der Waals surface area contributed by atoms with Gasteiger partial charge in [0.1, 0.15) is 0 Å². The summed E-state index contributed by atoms with van der Waals surface area (Å²) in [6, 6.07) is 8.87. The Morgan fingerprint density at radius 3 is 2.06 bits per heavy atom. The smallest absolute Gasteiger partial charge is 0.538 e. The van der Waals surface area contributed by atoms with Crippen molar-refractivity contribution in [2.24, 2.45) is 0 Å². The Bertz CT molecular complexity index is 287. The number of hydrogen-bond donors (Lipinski definition) is 0. The van der Waals surface area contributed by atoms with E-state index in [2.05, 4.69) is 38.1 Å². The molecule has 2 rings (SSSR count). The monoisotopic (exact) mass is 234 g/mol. The molecule has 0 spiro atoms. The molecule has 17 heavy (non-hydrogen) atoms. The van der Waals surface area contributed by atoms with E-state index in [1.807, 2.05) is 0 Å². The minimum absolute atomic E-state index is 0. The second kappa shape index (κ2) is 8.21. The first-order valence-corrected chi connectivity index (χ1v) is 7.09. The molecule has 1 aliphatic carbocycles. The topological polar surface area (TPSA) is 0 Å². The minimum atomic E-state index is 0. The van der Waals surface area contributed by atoms with Gasteiger partial charge >= 0.3 is 37.7 Å². The maximum atomic E-state index is 2.39. The van der Waals surface area contributed by atoms with Crippen LogP contribution in [0.4, 0.5) is 0 Å². The third-order valence-electron chi connectivity index (χ3n) is 3.45.